The molecule has 0 radical (unpaired) electrons. The van der Waals surface area contributed by atoms with Crippen molar-refractivity contribution in [3.63, 3.8) is 0 Å². The molecule has 22 heavy (non-hydrogen) atoms. The van der Waals surface area contributed by atoms with E-state index in [1.807, 2.05) is 30.3 Å². The van der Waals surface area contributed by atoms with E-state index in [9.17, 15) is 9.59 Å². The maximum Gasteiger partial charge on any atom is 0.407 e. The molecule has 0 saturated heterocycles. The van der Waals surface area contributed by atoms with Gasteiger partial charge in [0.25, 0.3) is 0 Å². The first-order valence-corrected chi connectivity index (χ1v) is 6.85. The first kappa shape index (κ1) is 17.3. The van der Waals surface area contributed by atoms with Crippen molar-refractivity contribution < 1.29 is 19.4 Å². The molecule has 118 valence electrons. The number of hydrogen-bond acceptors (Lipinski definition) is 4. The molecule has 1 aromatic rings. The quantitative estimate of drug-likeness (QED) is 0.315. The summed E-state index contributed by atoms with van der Waals surface area (Å²) in [7, 11) is 0. The highest BCUT2D eigenvalue weighted by Gasteiger charge is 2.14. The molecule has 0 fully saturated rings. The molecule has 0 bridgehead atoms. The fourth-order valence-corrected chi connectivity index (χ4v) is 1.72. The van der Waals surface area contributed by atoms with Gasteiger partial charge in [-0.25, -0.2) is 4.79 Å². The Bertz CT molecular complexity index is 527. The van der Waals surface area contributed by atoms with Crippen LogP contribution in [0.3, 0.4) is 0 Å². The molecule has 0 aliphatic rings. The molecule has 1 atom stereocenters. The molecule has 1 rings (SSSR count). The van der Waals surface area contributed by atoms with Crippen LogP contribution in [0.4, 0.5) is 4.79 Å². The monoisotopic (exact) mass is 306 g/mol. The number of amides is 1. The van der Waals surface area contributed by atoms with E-state index in [-0.39, 0.29) is 13.0 Å². The normalized spacial score (nSPS) is 11.1. The summed E-state index contributed by atoms with van der Waals surface area (Å²) in [6.45, 7) is 0.570. The molecule has 8 nitrogen and oxygen atoms in total. The molecule has 0 spiro atoms. The van der Waals surface area contributed by atoms with Crippen molar-refractivity contribution in [3.8, 4) is 0 Å². The smallest absolute Gasteiger partial charge is 0.407 e. The highest BCUT2D eigenvalue weighted by Crippen LogP contribution is 2.05. The highest BCUT2D eigenvalue weighted by molar-refractivity contribution is 5.73. The second-order valence-corrected chi connectivity index (χ2v) is 4.54. The van der Waals surface area contributed by atoms with E-state index in [1.165, 1.54) is 0 Å². The molecule has 1 amide bonds. The van der Waals surface area contributed by atoms with Crippen LogP contribution < -0.4 is 5.32 Å². The van der Waals surface area contributed by atoms with Crippen LogP contribution in [-0.4, -0.2) is 29.8 Å². The number of nitrogens with zero attached hydrogens (tertiary/aromatic N) is 3. The summed E-state index contributed by atoms with van der Waals surface area (Å²) in [5, 5.41) is 14.5. The van der Waals surface area contributed by atoms with Gasteiger partial charge in [-0.1, -0.05) is 41.9 Å². The minimum atomic E-state index is -1.15. The number of hydrogen-bond donors (Lipinski definition) is 2. The Morgan fingerprint density at radius 2 is 2.05 bits per heavy atom. The van der Waals surface area contributed by atoms with Crippen LogP contribution in [0.2, 0.25) is 0 Å². The van der Waals surface area contributed by atoms with Gasteiger partial charge in [0.05, 0.1) is 0 Å². The molecule has 2 N–H and O–H groups in total. The Morgan fingerprint density at radius 1 is 1.32 bits per heavy atom. The zero-order valence-electron chi connectivity index (χ0n) is 12.0. The number of azide groups is 1. The third-order valence-corrected chi connectivity index (χ3v) is 2.86. The number of rotatable bonds is 9. The van der Waals surface area contributed by atoms with Gasteiger partial charge in [-0.2, -0.15) is 0 Å². The maximum atomic E-state index is 11.4. The fourth-order valence-electron chi connectivity index (χ4n) is 1.72. The van der Waals surface area contributed by atoms with Gasteiger partial charge < -0.3 is 15.2 Å². The number of aliphatic carboxylic acids is 1. The lowest BCUT2D eigenvalue weighted by molar-refractivity contribution is -0.138. The van der Waals surface area contributed by atoms with Crippen LogP contribution >= 0.6 is 0 Å². The Hall–Kier alpha value is -2.73. The minimum Gasteiger partial charge on any atom is -0.481 e. The molecule has 0 heterocycles. The summed E-state index contributed by atoms with van der Waals surface area (Å²) in [6, 6.07) is 8.25. The average Bonchev–Trinajstić information content (AvgIpc) is 2.52. The van der Waals surface area contributed by atoms with Gasteiger partial charge in [0.15, 0.2) is 0 Å². The molecular weight excluding hydrogens is 288 g/mol. The second kappa shape index (κ2) is 10.1. The zero-order valence-corrected chi connectivity index (χ0v) is 12.0. The van der Waals surface area contributed by atoms with Crippen molar-refractivity contribution in [1.82, 2.24) is 5.32 Å². The van der Waals surface area contributed by atoms with Crippen LogP contribution in [0.15, 0.2) is 35.4 Å². The largest absolute Gasteiger partial charge is 0.481 e. The number of nitrogens with one attached hydrogen (secondary N) is 1. The van der Waals surface area contributed by atoms with Gasteiger partial charge in [-0.05, 0) is 23.9 Å². The average molecular weight is 306 g/mol. The summed E-state index contributed by atoms with van der Waals surface area (Å²) < 4.78 is 5.02. The predicted molar refractivity (Wildman–Crippen MR) is 79.1 cm³/mol. The van der Waals surface area contributed by atoms with Gasteiger partial charge in [0.2, 0.25) is 0 Å². The molecule has 0 saturated carbocycles. The maximum absolute atomic E-state index is 11.4. The Morgan fingerprint density at radius 3 is 2.68 bits per heavy atom. The van der Waals surface area contributed by atoms with Crippen LogP contribution in [0.5, 0.6) is 0 Å². The molecule has 0 aliphatic heterocycles. The van der Waals surface area contributed by atoms with Crippen LogP contribution in [0.1, 0.15) is 24.8 Å². The number of carbonyl (C=O) groups excluding carboxylic acids is 1. The van der Waals surface area contributed by atoms with Gasteiger partial charge in [-0.15, -0.1) is 0 Å². The lowest BCUT2D eigenvalue weighted by Gasteiger charge is -2.08. The molecule has 1 unspecified atom stereocenters. The summed E-state index contributed by atoms with van der Waals surface area (Å²) in [5.41, 5.74) is 9.13. The van der Waals surface area contributed by atoms with E-state index >= 15 is 0 Å². The first-order valence-electron chi connectivity index (χ1n) is 6.85. The standard InChI is InChI=1S/C14H18N4O4/c15-18-17-12(13(19)20)8-4-5-9-16-14(21)22-10-11-6-2-1-3-7-11/h1-3,6-7,12H,4-5,8-10H2,(H,16,21)(H,19,20). The molecule has 1 aromatic carbocycles. The SMILES string of the molecule is [N-]=[N+]=NC(CCCCNC(=O)OCc1ccccc1)C(=O)O. The number of carboxylic acid groups (broad SMARTS) is 1. The van der Waals surface area contributed by atoms with Crippen LogP contribution in [0.25, 0.3) is 10.4 Å². The van der Waals surface area contributed by atoms with Crippen molar-refractivity contribution in [3.05, 3.63) is 46.3 Å². The third-order valence-electron chi connectivity index (χ3n) is 2.86. The topological polar surface area (TPSA) is 124 Å². The zero-order chi connectivity index (χ0) is 16.2. The van der Waals surface area contributed by atoms with Gasteiger partial charge in [-0.3, -0.25) is 4.79 Å². The second-order valence-electron chi connectivity index (χ2n) is 4.54. The van der Waals surface area contributed by atoms with Crippen molar-refractivity contribution in [2.45, 2.75) is 31.9 Å². The van der Waals surface area contributed by atoms with E-state index in [0.29, 0.717) is 19.4 Å². The Labute approximate surface area is 127 Å². The van der Waals surface area contributed by atoms with E-state index in [0.717, 1.165) is 5.56 Å². The molecule has 0 aromatic heterocycles. The number of ether oxygens (including phenoxy) is 1. The Kier molecular flexibility index (Phi) is 7.92. The van der Waals surface area contributed by atoms with Crippen molar-refractivity contribution in [2.75, 3.05) is 6.54 Å². The van der Waals surface area contributed by atoms with E-state index in [2.05, 4.69) is 15.3 Å². The minimum absolute atomic E-state index is 0.199. The summed E-state index contributed by atoms with van der Waals surface area (Å²) >= 11 is 0. The van der Waals surface area contributed by atoms with Crippen molar-refractivity contribution in [2.24, 2.45) is 5.11 Å². The van der Waals surface area contributed by atoms with Gasteiger partial charge >= 0.3 is 12.1 Å². The highest BCUT2D eigenvalue weighted by atomic mass is 16.5. The van der Waals surface area contributed by atoms with Gasteiger partial charge in [0, 0.05) is 11.5 Å². The van der Waals surface area contributed by atoms with Crippen LogP contribution in [0, 0.1) is 0 Å². The number of carbonyl (C=O) groups is 2. The van der Waals surface area contributed by atoms with Crippen molar-refractivity contribution in [1.29, 1.82) is 0 Å². The predicted octanol–water partition coefficient (Wildman–Crippen LogP) is 2.85. The van der Waals surface area contributed by atoms with E-state index in [4.69, 9.17) is 15.4 Å². The Balaban J connectivity index is 2.12. The molecule has 8 heteroatoms. The number of unbranched alkanes of at least 4 members (excludes halogenated alkanes) is 1. The lowest BCUT2D eigenvalue weighted by Crippen LogP contribution is -2.25. The van der Waals surface area contributed by atoms with E-state index < -0.39 is 18.1 Å². The van der Waals surface area contributed by atoms with Gasteiger partial charge in [0.1, 0.15) is 12.6 Å². The van der Waals surface area contributed by atoms with Crippen molar-refractivity contribution >= 4 is 12.1 Å². The summed E-state index contributed by atoms with van der Waals surface area (Å²) in [5.74, 6) is -1.15. The van der Waals surface area contributed by atoms with Crippen LogP contribution in [-0.2, 0) is 16.1 Å². The summed E-state index contributed by atoms with van der Waals surface area (Å²) in [4.78, 5) is 24.6. The lowest BCUT2D eigenvalue weighted by atomic mass is 10.1. The fraction of sp³-hybridized carbons (Fsp3) is 0.429. The number of benzene rings is 1. The number of carboxylic acids is 1. The number of alkyl carbamates (subject to hydrolysis) is 1. The first-order chi connectivity index (χ1) is 10.6. The molecular formula is C14H18N4O4. The third kappa shape index (κ3) is 7.16. The molecule has 0 aliphatic carbocycles. The van der Waals surface area contributed by atoms with E-state index in [1.54, 1.807) is 0 Å². The summed E-state index contributed by atoms with van der Waals surface area (Å²) in [6.07, 6.45) is 0.814.